The van der Waals surface area contributed by atoms with Crippen LogP contribution in [-0.4, -0.2) is 41.9 Å². The van der Waals surface area contributed by atoms with E-state index in [1.807, 2.05) is 32.0 Å². The largest absolute Gasteiger partial charge is 0.339 e. The first kappa shape index (κ1) is 22.6. The summed E-state index contributed by atoms with van der Waals surface area (Å²) >= 11 is 1.31. The Morgan fingerprint density at radius 2 is 2.00 bits per heavy atom. The number of anilines is 1. The molecule has 1 amide bonds. The highest BCUT2D eigenvalue weighted by atomic mass is 32.2. The highest BCUT2D eigenvalue weighted by molar-refractivity contribution is 7.89. The van der Waals surface area contributed by atoms with E-state index in [9.17, 15) is 13.2 Å². The normalized spacial score (nSPS) is 17.4. The minimum atomic E-state index is -3.75. The molecule has 1 N–H and O–H groups in total. The molecule has 1 fully saturated rings. The Balaban J connectivity index is 1.52. The number of carbonyl (C=O) groups excluding carboxylic acids is 1. The van der Waals surface area contributed by atoms with Gasteiger partial charge in [-0.3, -0.25) is 4.79 Å². The number of aromatic nitrogens is 2. The number of sulfonamides is 1. The van der Waals surface area contributed by atoms with Gasteiger partial charge in [0.25, 0.3) is 0 Å². The summed E-state index contributed by atoms with van der Waals surface area (Å²) < 4.78 is 33.3. The second-order valence-electron chi connectivity index (χ2n) is 8.18. The van der Waals surface area contributed by atoms with Gasteiger partial charge in [0.15, 0.2) is 0 Å². The molecule has 2 aromatic heterocycles. The van der Waals surface area contributed by atoms with Gasteiger partial charge in [-0.15, -0.1) is 11.3 Å². The molecule has 1 saturated heterocycles. The molecule has 170 valence electrons. The van der Waals surface area contributed by atoms with Gasteiger partial charge in [0.2, 0.25) is 27.6 Å². The second kappa shape index (κ2) is 8.76. The van der Waals surface area contributed by atoms with Gasteiger partial charge < -0.3 is 9.84 Å². The van der Waals surface area contributed by atoms with Crippen molar-refractivity contribution < 1.29 is 17.7 Å². The minimum absolute atomic E-state index is 0.151. The molecule has 3 aromatic rings. The quantitative estimate of drug-likeness (QED) is 0.598. The van der Waals surface area contributed by atoms with Crippen molar-refractivity contribution in [3.8, 4) is 10.7 Å². The lowest BCUT2D eigenvalue weighted by Gasteiger charge is -2.31. The third-order valence-electron chi connectivity index (χ3n) is 5.63. The van der Waals surface area contributed by atoms with Gasteiger partial charge in [-0.05, 0) is 51.3 Å². The average molecular weight is 475 g/mol. The number of piperidine rings is 1. The summed E-state index contributed by atoms with van der Waals surface area (Å²) in [5, 5.41) is 6.86. The predicted molar refractivity (Wildman–Crippen MR) is 123 cm³/mol. The highest BCUT2D eigenvalue weighted by Crippen LogP contribution is 2.35. The lowest BCUT2D eigenvalue weighted by atomic mass is 9.98. The summed E-state index contributed by atoms with van der Waals surface area (Å²) in [6, 6.07) is 7.44. The zero-order chi connectivity index (χ0) is 23.0. The van der Waals surface area contributed by atoms with Crippen LogP contribution >= 0.6 is 11.3 Å². The average Bonchev–Trinajstić information content (AvgIpc) is 3.36. The second-order valence-corrected chi connectivity index (χ2v) is 11.3. The van der Waals surface area contributed by atoms with Gasteiger partial charge in [0.05, 0.1) is 15.7 Å². The number of nitrogens with one attached hydrogen (secondary N) is 1. The number of hydrogen-bond acceptors (Lipinski definition) is 7. The van der Waals surface area contributed by atoms with Crippen LogP contribution in [0, 0.1) is 33.6 Å². The van der Waals surface area contributed by atoms with Crippen molar-refractivity contribution in [1.29, 1.82) is 0 Å². The number of hydrogen-bond donors (Lipinski definition) is 1. The Kier molecular flexibility index (Phi) is 6.19. The van der Waals surface area contributed by atoms with Crippen LogP contribution < -0.4 is 5.32 Å². The summed E-state index contributed by atoms with van der Waals surface area (Å²) in [6.07, 6.45) is 1.28. The Morgan fingerprint density at radius 1 is 1.22 bits per heavy atom. The van der Waals surface area contributed by atoms with Crippen molar-refractivity contribution in [3.05, 3.63) is 46.2 Å². The molecule has 4 rings (SSSR count). The fourth-order valence-corrected chi connectivity index (χ4v) is 6.94. The molecule has 1 atom stereocenters. The van der Waals surface area contributed by atoms with E-state index in [4.69, 9.17) is 4.52 Å². The van der Waals surface area contributed by atoms with Crippen LogP contribution in [0.2, 0.25) is 0 Å². The summed E-state index contributed by atoms with van der Waals surface area (Å²) in [6.45, 7) is 7.95. The summed E-state index contributed by atoms with van der Waals surface area (Å²) in [7, 11) is -3.75. The van der Waals surface area contributed by atoms with Crippen LogP contribution in [-0.2, 0) is 14.8 Å². The number of amides is 1. The van der Waals surface area contributed by atoms with Crippen molar-refractivity contribution in [2.45, 2.75) is 45.4 Å². The van der Waals surface area contributed by atoms with Gasteiger partial charge in [-0.2, -0.15) is 9.29 Å². The Labute approximate surface area is 191 Å². The van der Waals surface area contributed by atoms with Crippen LogP contribution in [0.25, 0.3) is 10.7 Å². The fraction of sp³-hybridized carbons (Fsp3) is 0.409. The lowest BCUT2D eigenvalue weighted by Crippen LogP contribution is -2.43. The first-order chi connectivity index (χ1) is 15.1. The predicted octanol–water partition coefficient (Wildman–Crippen LogP) is 4.07. The Morgan fingerprint density at radius 3 is 2.69 bits per heavy atom. The van der Waals surface area contributed by atoms with E-state index in [1.165, 1.54) is 15.6 Å². The van der Waals surface area contributed by atoms with Crippen molar-refractivity contribution in [3.63, 3.8) is 0 Å². The van der Waals surface area contributed by atoms with E-state index in [0.29, 0.717) is 40.9 Å². The molecular weight excluding hydrogens is 448 g/mol. The molecule has 3 heterocycles. The number of aryl methyl sites for hydroxylation is 4. The molecule has 0 aliphatic carbocycles. The zero-order valence-electron chi connectivity index (χ0n) is 18.5. The number of thiophene rings is 1. The number of benzene rings is 1. The third-order valence-corrected chi connectivity index (χ3v) is 8.80. The number of rotatable bonds is 5. The maximum atomic E-state index is 13.4. The fourth-order valence-electron chi connectivity index (χ4n) is 3.93. The van der Waals surface area contributed by atoms with E-state index >= 15 is 0 Å². The van der Waals surface area contributed by atoms with Crippen molar-refractivity contribution in [2.24, 2.45) is 5.92 Å². The summed E-state index contributed by atoms with van der Waals surface area (Å²) in [5.74, 6) is 0.241. The van der Waals surface area contributed by atoms with E-state index < -0.39 is 15.9 Å². The molecule has 0 saturated carbocycles. The van der Waals surface area contributed by atoms with E-state index in [2.05, 4.69) is 15.5 Å². The molecule has 0 radical (unpaired) electrons. The molecule has 8 nitrogen and oxygen atoms in total. The molecule has 1 aliphatic heterocycles. The smallest absolute Gasteiger partial charge is 0.244 e. The van der Waals surface area contributed by atoms with E-state index in [1.54, 1.807) is 19.9 Å². The SMILES string of the molecule is Cc1ccc(NC(=O)[C@@H]2CCCN(S(=O)(=O)c3cc(-c4noc(C)n4)sc3C)C2)c(C)c1. The van der Waals surface area contributed by atoms with Crippen LogP contribution in [0.3, 0.4) is 0 Å². The molecular formula is C22H26N4O4S2. The molecule has 32 heavy (non-hydrogen) atoms. The van der Waals surface area contributed by atoms with Crippen LogP contribution in [0.4, 0.5) is 5.69 Å². The van der Waals surface area contributed by atoms with E-state index in [-0.39, 0.29) is 17.3 Å². The first-order valence-corrected chi connectivity index (χ1v) is 12.7. The number of nitrogens with zero attached hydrogens (tertiary/aromatic N) is 3. The van der Waals surface area contributed by atoms with Gasteiger partial charge in [-0.1, -0.05) is 22.9 Å². The van der Waals surface area contributed by atoms with Crippen LogP contribution in [0.15, 0.2) is 33.7 Å². The van der Waals surface area contributed by atoms with Crippen molar-refractivity contribution >= 4 is 33.0 Å². The van der Waals surface area contributed by atoms with Crippen molar-refractivity contribution in [2.75, 3.05) is 18.4 Å². The maximum Gasteiger partial charge on any atom is 0.244 e. The summed E-state index contributed by atoms with van der Waals surface area (Å²) in [4.78, 5) is 18.6. The van der Waals surface area contributed by atoms with Gasteiger partial charge in [-0.25, -0.2) is 8.42 Å². The Hall–Kier alpha value is -2.56. The number of carbonyl (C=O) groups is 1. The summed E-state index contributed by atoms with van der Waals surface area (Å²) in [5.41, 5.74) is 2.86. The molecule has 0 unspecified atom stereocenters. The highest BCUT2D eigenvalue weighted by Gasteiger charge is 2.35. The van der Waals surface area contributed by atoms with E-state index in [0.717, 1.165) is 16.8 Å². The standard InChI is InChI=1S/C22H26N4O4S2/c1-13-7-8-18(14(2)10-13)24-22(27)17-6-5-9-26(12-17)32(28,29)20-11-19(31-15(20)3)21-23-16(4)30-25-21/h7-8,10-11,17H,5-6,9,12H2,1-4H3,(H,24,27)/t17-/m1/s1. The topological polar surface area (TPSA) is 105 Å². The molecule has 1 aliphatic rings. The first-order valence-electron chi connectivity index (χ1n) is 10.4. The molecule has 10 heteroatoms. The van der Waals surface area contributed by atoms with Gasteiger partial charge in [0.1, 0.15) is 0 Å². The van der Waals surface area contributed by atoms with Crippen molar-refractivity contribution in [1.82, 2.24) is 14.4 Å². The third kappa shape index (κ3) is 4.48. The molecule has 0 bridgehead atoms. The molecule has 1 aromatic carbocycles. The molecule has 0 spiro atoms. The van der Waals surface area contributed by atoms with Crippen LogP contribution in [0.5, 0.6) is 0 Å². The lowest BCUT2D eigenvalue weighted by molar-refractivity contribution is -0.120. The maximum absolute atomic E-state index is 13.4. The zero-order valence-corrected chi connectivity index (χ0v) is 20.1. The van der Waals surface area contributed by atoms with Gasteiger partial charge in [0, 0.05) is 30.6 Å². The van der Waals surface area contributed by atoms with Crippen LogP contribution in [0.1, 0.15) is 34.7 Å². The monoisotopic (exact) mass is 474 g/mol. The minimum Gasteiger partial charge on any atom is -0.339 e. The van der Waals surface area contributed by atoms with Gasteiger partial charge >= 0.3 is 0 Å². The Bertz CT molecular complexity index is 1260.